The molecule has 29 heavy (non-hydrogen) atoms. The fraction of sp³-hybridized carbons (Fsp3) is 0.348. The van der Waals surface area contributed by atoms with Gasteiger partial charge in [0.1, 0.15) is 0 Å². The highest BCUT2D eigenvalue weighted by Crippen LogP contribution is 2.50. The van der Waals surface area contributed by atoms with E-state index >= 15 is 0 Å². The highest BCUT2D eigenvalue weighted by Gasteiger charge is 2.54. The van der Waals surface area contributed by atoms with Crippen molar-refractivity contribution in [1.29, 1.82) is 10.5 Å². The van der Waals surface area contributed by atoms with E-state index in [0.29, 0.717) is 30.0 Å². The second-order valence-corrected chi connectivity index (χ2v) is 7.32. The lowest BCUT2D eigenvalue weighted by Gasteiger charge is -2.36. The molecule has 0 amide bonds. The summed E-state index contributed by atoms with van der Waals surface area (Å²) in [6, 6.07) is 16.4. The highest BCUT2D eigenvalue weighted by atomic mass is 16.5. The zero-order valence-electron chi connectivity index (χ0n) is 16.3. The second kappa shape index (κ2) is 7.58. The Hall–Kier alpha value is -3.35. The van der Waals surface area contributed by atoms with Crippen LogP contribution in [0.1, 0.15) is 27.5 Å². The minimum absolute atomic E-state index is 0.108. The Kier molecular flexibility index (Phi) is 4.96. The first-order valence-corrected chi connectivity index (χ1v) is 9.53. The largest absolute Gasteiger partial charge is 0.493 e. The summed E-state index contributed by atoms with van der Waals surface area (Å²) in [7, 11) is 3.16. The van der Waals surface area contributed by atoms with Crippen LogP contribution in [-0.4, -0.2) is 37.5 Å². The normalized spacial score (nSPS) is 25.2. The van der Waals surface area contributed by atoms with Gasteiger partial charge < -0.3 is 9.47 Å². The average Bonchev–Trinajstić information content (AvgIpc) is 3.11. The number of fused-ring (bicyclic) bond motifs is 3. The van der Waals surface area contributed by atoms with Crippen LogP contribution in [0.5, 0.6) is 11.5 Å². The number of hydrogen-bond donors (Lipinski definition) is 0. The van der Waals surface area contributed by atoms with Gasteiger partial charge in [-0.1, -0.05) is 30.3 Å². The summed E-state index contributed by atoms with van der Waals surface area (Å²) in [5, 5.41) is 19.8. The summed E-state index contributed by atoms with van der Waals surface area (Å²) >= 11 is 0. The Balaban J connectivity index is 1.82. The highest BCUT2D eigenvalue weighted by molar-refractivity contribution is 6.01. The minimum Gasteiger partial charge on any atom is -0.493 e. The smallest absolute Gasteiger partial charge is 0.181 e. The van der Waals surface area contributed by atoms with Gasteiger partial charge in [0.15, 0.2) is 17.3 Å². The maximum absolute atomic E-state index is 13.3. The number of ether oxygens (including phenoxy) is 2. The number of hydrogen-bond acceptors (Lipinski definition) is 6. The molecule has 0 radical (unpaired) electrons. The van der Waals surface area contributed by atoms with E-state index in [1.807, 2.05) is 35.2 Å². The lowest BCUT2D eigenvalue weighted by molar-refractivity contribution is 0.0803. The van der Waals surface area contributed by atoms with Gasteiger partial charge in [0, 0.05) is 12.1 Å². The van der Waals surface area contributed by atoms with E-state index in [9.17, 15) is 15.3 Å². The third kappa shape index (κ3) is 2.93. The Bertz CT molecular complexity index is 1020. The van der Waals surface area contributed by atoms with E-state index in [1.165, 1.54) is 0 Å². The van der Waals surface area contributed by atoms with E-state index in [-0.39, 0.29) is 11.8 Å². The van der Waals surface area contributed by atoms with Crippen LogP contribution in [0.25, 0.3) is 0 Å². The van der Waals surface area contributed by atoms with E-state index in [1.54, 1.807) is 26.4 Å². The quantitative estimate of drug-likeness (QED) is 0.749. The van der Waals surface area contributed by atoms with Crippen LogP contribution in [0, 0.1) is 34.5 Å². The number of methoxy groups -OCH3 is 2. The van der Waals surface area contributed by atoms with Crippen molar-refractivity contribution < 1.29 is 14.3 Å². The van der Waals surface area contributed by atoms with Gasteiger partial charge in [-0.3, -0.25) is 9.69 Å². The van der Waals surface area contributed by atoms with Crippen LogP contribution in [0.15, 0.2) is 42.5 Å². The fourth-order valence-electron chi connectivity index (χ4n) is 4.70. The molecule has 1 fully saturated rings. The molecule has 0 saturated carbocycles. The monoisotopic (exact) mass is 387 g/mol. The van der Waals surface area contributed by atoms with Crippen LogP contribution in [-0.2, 0) is 6.42 Å². The summed E-state index contributed by atoms with van der Waals surface area (Å²) in [6.07, 6.45) is 0.709. The molecule has 6 heteroatoms. The van der Waals surface area contributed by atoms with Gasteiger partial charge in [-0.15, -0.1) is 0 Å². The van der Waals surface area contributed by atoms with Crippen molar-refractivity contribution in [1.82, 2.24) is 4.90 Å². The van der Waals surface area contributed by atoms with Crippen molar-refractivity contribution in [2.75, 3.05) is 20.8 Å². The van der Waals surface area contributed by atoms with E-state index < -0.39 is 17.9 Å². The summed E-state index contributed by atoms with van der Waals surface area (Å²) in [5.41, 5.74) is 2.56. The van der Waals surface area contributed by atoms with Crippen molar-refractivity contribution >= 4 is 5.78 Å². The molecule has 0 aromatic heterocycles. The molecule has 2 heterocycles. The summed E-state index contributed by atoms with van der Waals surface area (Å²) in [5.74, 6) is -0.188. The first kappa shape index (κ1) is 19.0. The van der Waals surface area contributed by atoms with E-state index in [0.717, 1.165) is 11.1 Å². The molecule has 2 aliphatic heterocycles. The molecule has 0 N–H and O–H groups in total. The Morgan fingerprint density at radius 1 is 1.03 bits per heavy atom. The predicted molar refractivity (Wildman–Crippen MR) is 105 cm³/mol. The van der Waals surface area contributed by atoms with Crippen molar-refractivity contribution in [3.8, 4) is 23.6 Å². The zero-order valence-corrected chi connectivity index (χ0v) is 16.3. The molecule has 146 valence electrons. The first-order valence-electron chi connectivity index (χ1n) is 9.53. The number of ketones is 1. The second-order valence-electron chi connectivity index (χ2n) is 7.32. The summed E-state index contributed by atoms with van der Waals surface area (Å²) in [4.78, 5) is 15.4. The third-order valence-electron chi connectivity index (χ3n) is 6.01. The Morgan fingerprint density at radius 3 is 2.31 bits per heavy atom. The first-order chi connectivity index (χ1) is 14.1. The number of rotatable bonds is 4. The average molecular weight is 387 g/mol. The van der Waals surface area contributed by atoms with Crippen molar-refractivity contribution in [2.45, 2.75) is 18.5 Å². The van der Waals surface area contributed by atoms with Crippen LogP contribution in [0.3, 0.4) is 0 Å². The molecule has 0 bridgehead atoms. The van der Waals surface area contributed by atoms with E-state index in [4.69, 9.17) is 9.47 Å². The van der Waals surface area contributed by atoms with Gasteiger partial charge in [0.25, 0.3) is 0 Å². The standard InChI is InChI=1S/C23H21N3O3/c1-28-19-10-15-8-9-26-21(16(15)11-20(19)29-2)17(12-24)18(13-25)22(26)23(27)14-6-4-3-5-7-14/h3-7,10-11,17-18,21-22H,8-9H2,1-2H3/t17-,18+,21-,22+/m1/s1. The SMILES string of the molecule is COc1cc2c(cc1OC)[C@@H]1[C@H](C#N)[C@H](C#N)[C@@H](C(=O)c3ccccc3)N1CC2. The molecule has 0 aliphatic carbocycles. The van der Waals surface area contributed by atoms with Crippen molar-refractivity contribution in [3.05, 3.63) is 59.2 Å². The van der Waals surface area contributed by atoms with E-state index in [2.05, 4.69) is 12.1 Å². The maximum Gasteiger partial charge on any atom is 0.181 e. The Labute approximate surface area is 169 Å². The van der Waals surface area contributed by atoms with Crippen molar-refractivity contribution in [3.63, 3.8) is 0 Å². The number of benzene rings is 2. The molecule has 4 atom stereocenters. The van der Waals surface area contributed by atoms with Crippen molar-refractivity contribution in [2.24, 2.45) is 11.8 Å². The molecule has 6 nitrogen and oxygen atoms in total. The maximum atomic E-state index is 13.3. The van der Waals surface area contributed by atoms with Gasteiger partial charge in [0.05, 0.1) is 50.3 Å². The van der Waals surface area contributed by atoms with Gasteiger partial charge in [-0.2, -0.15) is 10.5 Å². The van der Waals surface area contributed by atoms with Gasteiger partial charge in [-0.25, -0.2) is 0 Å². The molecule has 2 aromatic rings. The van der Waals surface area contributed by atoms with Gasteiger partial charge in [0.2, 0.25) is 0 Å². The minimum atomic E-state index is -0.697. The number of carbonyl (C=O) groups is 1. The lowest BCUT2D eigenvalue weighted by atomic mass is 9.82. The van der Waals surface area contributed by atoms with Crippen LogP contribution < -0.4 is 9.47 Å². The number of carbonyl (C=O) groups excluding carboxylic acids is 1. The van der Waals surface area contributed by atoms with Crippen LogP contribution >= 0.6 is 0 Å². The Morgan fingerprint density at radius 2 is 1.69 bits per heavy atom. The molecule has 2 aliphatic rings. The zero-order chi connectivity index (χ0) is 20.5. The molecular weight excluding hydrogens is 366 g/mol. The summed E-state index contributed by atoms with van der Waals surface area (Å²) in [6.45, 7) is 0.604. The van der Waals surface area contributed by atoms with Gasteiger partial charge in [-0.05, 0) is 29.7 Å². The summed E-state index contributed by atoms with van der Waals surface area (Å²) < 4.78 is 10.9. The molecule has 0 unspecified atom stereocenters. The predicted octanol–water partition coefficient (Wildman–Crippen LogP) is 3.15. The number of nitriles is 2. The lowest BCUT2D eigenvalue weighted by Crippen LogP contribution is -2.43. The number of nitrogens with zero attached hydrogens (tertiary/aromatic N) is 3. The van der Waals surface area contributed by atoms with Gasteiger partial charge >= 0.3 is 0 Å². The topological polar surface area (TPSA) is 86.3 Å². The number of Topliss-reactive ketones (excluding diaryl/α,β-unsaturated/α-hetero) is 1. The molecular formula is C23H21N3O3. The fourth-order valence-corrected chi connectivity index (χ4v) is 4.70. The molecule has 0 spiro atoms. The molecule has 2 aromatic carbocycles. The van der Waals surface area contributed by atoms with Crippen LogP contribution in [0.2, 0.25) is 0 Å². The third-order valence-corrected chi connectivity index (χ3v) is 6.01. The molecule has 1 saturated heterocycles. The molecule has 4 rings (SSSR count). The van der Waals surface area contributed by atoms with Crippen LogP contribution in [0.4, 0.5) is 0 Å².